The second kappa shape index (κ2) is 3.72. The van der Waals surface area contributed by atoms with Crippen LogP contribution in [0.4, 0.5) is 4.39 Å². The number of carboxylic acids is 1. The standard InChI is InChI=1S/C13H15FO3/c1-13(2)9(10(13)12(15)16)7-5-4-6-8(14)11(7)17-3/h4-6,9-10H,1-3H3,(H,15,16)/t9-,10+/m1/s1. The van der Waals surface area contributed by atoms with E-state index in [0.29, 0.717) is 5.56 Å². The lowest BCUT2D eigenvalue weighted by atomic mass is 10.0. The first kappa shape index (κ1) is 11.9. The first-order valence-corrected chi connectivity index (χ1v) is 5.46. The molecule has 1 saturated carbocycles. The molecule has 0 amide bonds. The van der Waals surface area contributed by atoms with Crippen LogP contribution >= 0.6 is 0 Å². The number of hydrogen-bond donors (Lipinski definition) is 1. The van der Waals surface area contributed by atoms with E-state index in [2.05, 4.69) is 0 Å². The molecule has 0 radical (unpaired) electrons. The van der Waals surface area contributed by atoms with Gasteiger partial charge in [0.25, 0.3) is 0 Å². The second-order valence-corrected chi connectivity index (χ2v) is 4.98. The average molecular weight is 238 g/mol. The highest BCUT2D eigenvalue weighted by Crippen LogP contribution is 2.65. The fraction of sp³-hybridized carbons (Fsp3) is 0.462. The van der Waals surface area contributed by atoms with Gasteiger partial charge in [-0.05, 0) is 11.5 Å². The number of halogens is 1. The van der Waals surface area contributed by atoms with Gasteiger partial charge in [-0.15, -0.1) is 0 Å². The van der Waals surface area contributed by atoms with Gasteiger partial charge in [0.2, 0.25) is 0 Å². The highest BCUT2D eigenvalue weighted by molar-refractivity contribution is 5.78. The van der Waals surface area contributed by atoms with Crippen molar-refractivity contribution in [3.63, 3.8) is 0 Å². The Hall–Kier alpha value is -1.58. The largest absolute Gasteiger partial charge is 0.493 e. The molecule has 0 unspecified atom stereocenters. The van der Waals surface area contributed by atoms with E-state index in [1.165, 1.54) is 13.2 Å². The van der Waals surface area contributed by atoms with E-state index in [-0.39, 0.29) is 17.1 Å². The van der Waals surface area contributed by atoms with Crippen LogP contribution in [0.1, 0.15) is 25.3 Å². The van der Waals surface area contributed by atoms with Crippen LogP contribution in [-0.4, -0.2) is 18.2 Å². The molecule has 1 aliphatic carbocycles. The fourth-order valence-electron chi connectivity index (χ4n) is 2.66. The summed E-state index contributed by atoms with van der Waals surface area (Å²) in [4.78, 5) is 11.1. The van der Waals surface area contributed by atoms with Crippen molar-refractivity contribution >= 4 is 5.97 Å². The van der Waals surface area contributed by atoms with Crippen LogP contribution in [0.5, 0.6) is 5.75 Å². The Kier molecular flexibility index (Phi) is 2.60. The number of benzene rings is 1. The molecule has 0 aliphatic heterocycles. The van der Waals surface area contributed by atoms with E-state index in [4.69, 9.17) is 9.84 Å². The SMILES string of the molecule is COc1c(F)cccc1[C@@H]1[C@@H](C(=O)O)C1(C)C. The Morgan fingerprint density at radius 2 is 2.12 bits per heavy atom. The summed E-state index contributed by atoms with van der Waals surface area (Å²) in [5.41, 5.74) is 0.289. The number of methoxy groups -OCH3 is 1. The van der Waals surface area contributed by atoms with Crippen molar-refractivity contribution in [2.24, 2.45) is 11.3 Å². The summed E-state index contributed by atoms with van der Waals surface area (Å²) in [6.45, 7) is 3.75. The minimum Gasteiger partial charge on any atom is -0.493 e. The third-order valence-corrected chi connectivity index (χ3v) is 3.63. The molecule has 1 aromatic rings. The number of hydrogen-bond acceptors (Lipinski definition) is 2. The van der Waals surface area contributed by atoms with Crippen molar-refractivity contribution in [2.45, 2.75) is 19.8 Å². The van der Waals surface area contributed by atoms with Crippen LogP contribution in [0, 0.1) is 17.2 Å². The second-order valence-electron chi connectivity index (χ2n) is 4.98. The molecule has 1 N–H and O–H groups in total. The van der Waals surface area contributed by atoms with Crippen molar-refractivity contribution in [1.29, 1.82) is 0 Å². The molecule has 0 saturated heterocycles. The topological polar surface area (TPSA) is 46.5 Å². The van der Waals surface area contributed by atoms with Gasteiger partial charge in [0, 0.05) is 11.5 Å². The Bertz CT molecular complexity index is 468. The number of carbonyl (C=O) groups is 1. The molecule has 0 bridgehead atoms. The highest BCUT2D eigenvalue weighted by Gasteiger charge is 2.63. The van der Waals surface area contributed by atoms with Crippen molar-refractivity contribution in [2.75, 3.05) is 7.11 Å². The normalized spacial score (nSPS) is 25.4. The van der Waals surface area contributed by atoms with Crippen LogP contribution in [0.25, 0.3) is 0 Å². The minimum absolute atomic E-state index is 0.161. The maximum absolute atomic E-state index is 13.5. The number of rotatable bonds is 3. The van der Waals surface area contributed by atoms with Crippen LogP contribution < -0.4 is 4.74 Å². The van der Waals surface area contributed by atoms with Gasteiger partial charge in [0.05, 0.1) is 13.0 Å². The van der Waals surface area contributed by atoms with Crippen molar-refractivity contribution in [1.82, 2.24) is 0 Å². The quantitative estimate of drug-likeness (QED) is 0.880. The lowest BCUT2D eigenvalue weighted by molar-refractivity contribution is -0.139. The van der Waals surface area contributed by atoms with E-state index in [1.54, 1.807) is 12.1 Å². The van der Waals surface area contributed by atoms with Gasteiger partial charge in [0.15, 0.2) is 11.6 Å². The van der Waals surface area contributed by atoms with Gasteiger partial charge in [0.1, 0.15) is 0 Å². The Morgan fingerprint density at radius 1 is 1.47 bits per heavy atom. The first-order valence-electron chi connectivity index (χ1n) is 5.46. The predicted octanol–water partition coefficient (Wildman–Crippen LogP) is 2.66. The summed E-state index contributed by atoms with van der Waals surface area (Å²) in [7, 11) is 1.40. The summed E-state index contributed by atoms with van der Waals surface area (Å²) in [5.74, 6) is -1.79. The van der Waals surface area contributed by atoms with Crippen molar-refractivity contribution in [3.05, 3.63) is 29.6 Å². The Balaban J connectivity index is 2.43. The van der Waals surface area contributed by atoms with Gasteiger partial charge in [-0.2, -0.15) is 0 Å². The molecule has 3 nitrogen and oxygen atoms in total. The molecule has 1 fully saturated rings. The molecule has 2 atom stereocenters. The first-order chi connectivity index (χ1) is 7.91. The average Bonchev–Trinajstić information content (AvgIpc) is 2.81. The van der Waals surface area contributed by atoms with E-state index in [0.717, 1.165) is 0 Å². The molecule has 0 spiro atoms. The molecule has 17 heavy (non-hydrogen) atoms. The number of aliphatic carboxylic acids is 1. The smallest absolute Gasteiger partial charge is 0.307 e. The number of ether oxygens (including phenoxy) is 1. The van der Waals surface area contributed by atoms with E-state index < -0.39 is 17.7 Å². The highest BCUT2D eigenvalue weighted by atomic mass is 19.1. The zero-order chi connectivity index (χ0) is 12.8. The number of carboxylic acid groups (broad SMARTS) is 1. The van der Waals surface area contributed by atoms with Gasteiger partial charge in [-0.3, -0.25) is 4.79 Å². The number of para-hydroxylation sites is 1. The maximum atomic E-state index is 13.5. The third-order valence-electron chi connectivity index (χ3n) is 3.63. The van der Waals surface area contributed by atoms with Gasteiger partial charge < -0.3 is 9.84 Å². The van der Waals surface area contributed by atoms with Gasteiger partial charge >= 0.3 is 5.97 Å². The molecule has 1 aromatic carbocycles. The summed E-state index contributed by atoms with van der Waals surface area (Å²) in [6, 6.07) is 4.63. The maximum Gasteiger partial charge on any atom is 0.307 e. The van der Waals surface area contributed by atoms with Crippen LogP contribution in [0.15, 0.2) is 18.2 Å². The van der Waals surface area contributed by atoms with Crippen LogP contribution in [-0.2, 0) is 4.79 Å². The van der Waals surface area contributed by atoms with Crippen LogP contribution in [0.2, 0.25) is 0 Å². The summed E-state index contributed by atoms with van der Waals surface area (Å²) >= 11 is 0. The zero-order valence-corrected chi connectivity index (χ0v) is 10.0. The molecule has 4 heteroatoms. The van der Waals surface area contributed by atoms with E-state index >= 15 is 0 Å². The summed E-state index contributed by atoms with van der Waals surface area (Å²) in [5, 5.41) is 9.12. The molecule has 1 aliphatic rings. The molecule has 0 heterocycles. The lowest BCUT2D eigenvalue weighted by Crippen LogP contribution is -2.03. The van der Waals surface area contributed by atoms with Gasteiger partial charge in [-0.25, -0.2) is 4.39 Å². The Morgan fingerprint density at radius 3 is 2.59 bits per heavy atom. The minimum atomic E-state index is -0.841. The van der Waals surface area contributed by atoms with Gasteiger partial charge in [-0.1, -0.05) is 26.0 Å². The summed E-state index contributed by atoms with van der Waals surface area (Å²) in [6.07, 6.45) is 0. The Labute approximate surface area is 99.2 Å². The molecule has 2 rings (SSSR count). The van der Waals surface area contributed by atoms with E-state index in [9.17, 15) is 9.18 Å². The van der Waals surface area contributed by atoms with E-state index in [1.807, 2.05) is 13.8 Å². The monoisotopic (exact) mass is 238 g/mol. The fourth-order valence-corrected chi connectivity index (χ4v) is 2.66. The lowest BCUT2D eigenvalue weighted by Gasteiger charge is -2.10. The summed E-state index contributed by atoms with van der Waals surface area (Å²) < 4.78 is 18.6. The van der Waals surface area contributed by atoms with Crippen LogP contribution in [0.3, 0.4) is 0 Å². The van der Waals surface area contributed by atoms with Crippen molar-refractivity contribution < 1.29 is 19.0 Å². The molecule has 0 aromatic heterocycles. The molecular weight excluding hydrogens is 223 g/mol. The van der Waals surface area contributed by atoms with Crippen molar-refractivity contribution in [3.8, 4) is 5.75 Å². The molecule has 92 valence electrons. The predicted molar refractivity (Wildman–Crippen MR) is 60.6 cm³/mol. The molecular formula is C13H15FO3. The third kappa shape index (κ3) is 1.68. The zero-order valence-electron chi connectivity index (χ0n) is 10.0.